The van der Waals surface area contributed by atoms with Gasteiger partial charge in [0.25, 0.3) is 5.91 Å². The van der Waals surface area contributed by atoms with Gasteiger partial charge in [0, 0.05) is 12.0 Å². The van der Waals surface area contributed by atoms with E-state index in [4.69, 9.17) is 14.7 Å². The maximum Gasteiger partial charge on any atom is 0.329 e. The fourth-order valence-electron chi connectivity index (χ4n) is 3.24. The molecule has 1 amide bonds. The Hall–Kier alpha value is -3.19. The number of likely N-dealkylation sites (tertiary alicyclic amines) is 1. The lowest BCUT2D eigenvalue weighted by Gasteiger charge is -2.24. The van der Waals surface area contributed by atoms with Crippen LogP contribution in [0.5, 0.6) is 0 Å². The standard InChI is InChI=1S/C21H22N2O5/c1-27-22-18-11-19(13-28-14-20(24)25)23(12-18)21(26)17-9-7-16(8-10-17)15-5-3-2-4-6-15/h2-10,19H,11-14H2,1H3,(H,24,25)/t19-/m0/s1. The van der Waals surface area contributed by atoms with Gasteiger partial charge in [-0.05, 0) is 23.3 Å². The molecule has 1 atom stereocenters. The molecule has 0 radical (unpaired) electrons. The number of oxime groups is 1. The Morgan fingerprint density at radius 3 is 2.43 bits per heavy atom. The Kier molecular flexibility index (Phi) is 6.39. The SMILES string of the molecule is CON=C1C[C@@H](COCC(=O)O)N(C(=O)c2ccc(-c3ccccc3)cc2)C1. The molecule has 0 aromatic heterocycles. The van der Waals surface area contributed by atoms with Crippen LogP contribution in [-0.2, 0) is 14.4 Å². The highest BCUT2D eigenvalue weighted by molar-refractivity contribution is 6.00. The number of carbonyl (C=O) groups excluding carboxylic acids is 1. The van der Waals surface area contributed by atoms with Gasteiger partial charge in [-0.1, -0.05) is 47.6 Å². The van der Waals surface area contributed by atoms with Crippen molar-refractivity contribution >= 4 is 17.6 Å². The zero-order valence-electron chi connectivity index (χ0n) is 15.6. The van der Waals surface area contributed by atoms with E-state index in [0.29, 0.717) is 18.5 Å². The number of hydrogen-bond acceptors (Lipinski definition) is 5. The average Bonchev–Trinajstić information content (AvgIpc) is 3.11. The van der Waals surface area contributed by atoms with Gasteiger partial charge in [0.1, 0.15) is 13.7 Å². The highest BCUT2D eigenvalue weighted by Gasteiger charge is 2.34. The summed E-state index contributed by atoms with van der Waals surface area (Å²) < 4.78 is 5.21. The number of benzene rings is 2. The molecule has 146 valence electrons. The zero-order valence-corrected chi connectivity index (χ0v) is 15.6. The quantitative estimate of drug-likeness (QED) is 0.744. The molecule has 1 saturated heterocycles. The van der Waals surface area contributed by atoms with E-state index in [-0.39, 0.29) is 18.6 Å². The molecule has 3 rings (SSSR count). The number of aliphatic carboxylic acids is 1. The lowest BCUT2D eigenvalue weighted by molar-refractivity contribution is -0.142. The van der Waals surface area contributed by atoms with Crippen molar-refractivity contribution in [1.82, 2.24) is 4.90 Å². The highest BCUT2D eigenvalue weighted by Crippen LogP contribution is 2.23. The second kappa shape index (κ2) is 9.14. The van der Waals surface area contributed by atoms with Gasteiger partial charge in [0.2, 0.25) is 0 Å². The monoisotopic (exact) mass is 382 g/mol. The number of carboxylic acids is 1. The minimum atomic E-state index is -1.04. The van der Waals surface area contributed by atoms with Crippen LogP contribution < -0.4 is 0 Å². The van der Waals surface area contributed by atoms with E-state index in [9.17, 15) is 9.59 Å². The molecule has 0 saturated carbocycles. The molecule has 1 heterocycles. The number of amides is 1. The fourth-order valence-corrected chi connectivity index (χ4v) is 3.24. The number of rotatable bonds is 7. The Morgan fingerprint density at radius 2 is 1.79 bits per heavy atom. The molecule has 0 unspecified atom stereocenters. The van der Waals surface area contributed by atoms with E-state index >= 15 is 0 Å². The third-order valence-electron chi connectivity index (χ3n) is 4.52. The van der Waals surface area contributed by atoms with Crippen LogP contribution in [0.15, 0.2) is 59.8 Å². The first-order valence-corrected chi connectivity index (χ1v) is 8.93. The third kappa shape index (κ3) is 4.75. The lowest BCUT2D eigenvalue weighted by Crippen LogP contribution is -2.38. The van der Waals surface area contributed by atoms with Crippen LogP contribution in [0.25, 0.3) is 11.1 Å². The number of hydrogen-bond donors (Lipinski definition) is 1. The predicted octanol–water partition coefficient (Wildman–Crippen LogP) is 2.67. The van der Waals surface area contributed by atoms with Gasteiger partial charge in [-0.3, -0.25) is 4.79 Å². The van der Waals surface area contributed by atoms with E-state index in [2.05, 4.69) is 5.16 Å². The predicted molar refractivity (Wildman–Crippen MR) is 104 cm³/mol. The van der Waals surface area contributed by atoms with Gasteiger partial charge in [-0.25, -0.2) is 4.79 Å². The molecule has 0 bridgehead atoms. The minimum absolute atomic E-state index is 0.128. The number of carbonyl (C=O) groups is 2. The average molecular weight is 382 g/mol. The van der Waals surface area contributed by atoms with Gasteiger partial charge >= 0.3 is 5.97 Å². The topological polar surface area (TPSA) is 88.4 Å². The van der Waals surface area contributed by atoms with Crippen molar-refractivity contribution in [1.29, 1.82) is 0 Å². The van der Waals surface area contributed by atoms with Gasteiger partial charge in [-0.15, -0.1) is 0 Å². The molecule has 0 spiro atoms. The summed E-state index contributed by atoms with van der Waals surface area (Å²) in [4.78, 5) is 30.2. The van der Waals surface area contributed by atoms with E-state index in [0.717, 1.165) is 16.8 Å². The first-order chi connectivity index (χ1) is 13.6. The highest BCUT2D eigenvalue weighted by atomic mass is 16.6. The van der Waals surface area contributed by atoms with Crippen LogP contribution >= 0.6 is 0 Å². The molecule has 1 fully saturated rings. The van der Waals surface area contributed by atoms with Crippen molar-refractivity contribution in [3.8, 4) is 11.1 Å². The van der Waals surface area contributed by atoms with Crippen LogP contribution in [-0.4, -0.2) is 60.5 Å². The minimum Gasteiger partial charge on any atom is -0.480 e. The molecule has 2 aromatic carbocycles. The molecule has 1 aliphatic heterocycles. The molecule has 0 aliphatic carbocycles. The summed E-state index contributed by atoms with van der Waals surface area (Å²) in [7, 11) is 1.45. The second-order valence-corrected chi connectivity index (χ2v) is 6.48. The summed E-state index contributed by atoms with van der Waals surface area (Å²) in [5.41, 5.74) is 3.39. The number of carboxylic acid groups (broad SMARTS) is 1. The van der Waals surface area contributed by atoms with Crippen LogP contribution in [0.4, 0.5) is 0 Å². The smallest absolute Gasteiger partial charge is 0.329 e. The first-order valence-electron chi connectivity index (χ1n) is 8.93. The van der Waals surface area contributed by atoms with Crippen molar-refractivity contribution in [3.63, 3.8) is 0 Å². The molecule has 7 nitrogen and oxygen atoms in total. The zero-order chi connectivity index (χ0) is 19.9. The molecule has 7 heteroatoms. The van der Waals surface area contributed by atoms with Crippen LogP contribution in [0.2, 0.25) is 0 Å². The van der Waals surface area contributed by atoms with Gasteiger partial charge in [0.15, 0.2) is 0 Å². The van der Waals surface area contributed by atoms with Crippen LogP contribution in [0.3, 0.4) is 0 Å². The van der Waals surface area contributed by atoms with Crippen molar-refractivity contribution < 1.29 is 24.3 Å². The third-order valence-corrected chi connectivity index (χ3v) is 4.52. The summed E-state index contributed by atoms with van der Waals surface area (Å²) in [6.07, 6.45) is 0.487. The summed E-state index contributed by atoms with van der Waals surface area (Å²) in [5, 5.41) is 12.7. The maximum atomic E-state index is 13.0. The van der Waals surface area contributed by atoms with Crippen molar-refractivity contribution in [2.75, 3.05) is 26.9 Å². The molecular weight excluding hydrogens is 360 g/mol. The van der Waals surface area contributed by atoms with Crippen molar-refractivity contribution in [2.45, 2.75) is 12.5 Å². The molecule has 2 aromatic rings. The normalized spacial score (nSPS) is 17.7. The summed E-state index contributed by atoms with van der Waals surface area (Å²) in [6.45, 7) is 0.0537. The fraction of sp³-hybridized carbons (Fsp3) is 0.286. The Balaban J connectivity index is 1.74. The molecule has 1 N–H and O–H groups in total. The maximum absolute atomic E-state index is 13.0. The first kappa shape index (κ1) is 19.6. The van der Waals surface area contributed by atoms with Crippen LogP contribution in [0.1, 0.15) is 16.8 Å². The van der Waals surface area contributed by atoms with Crippen LogP contribution in [0, 0.1) is 0 Å². The summed E-state index contributed by atoms with van der Waals surface area (Å²) in [6, 6.07) is 17.1. The summed E-state index contributed by atoms with van der Waals surface area (Å²) in [5.74, 6) is -1.19. The number of ether oxygens (including phenoxy) is 1. The van der Waals surface area contributed by atoms with E-state index in [1.807, 2.05) is 42.5 Å². The second-order valence-electron chi connectivity index (χ2n) is 6.48. The molecular formula is C21H22N2O5. The Labute approximate surface area is 163 Å². The van der Waals surface area contributed by atoms with E-state index < -0.39 is 12.6 Å². The Bertz CT molecular complexity index is 849. The van der Waals surface area contributed by atoms with Crippen molar-refractivity contribution in [3.05, 3.63) is 60.2 Å². The number of nitrogens with zero attached hydrogens (tertiary/aromatic N) is 2. The van der Waals surface area contributed by atoms with Gasteiger partial charge in [-0.2, -0.15) is 0 Å². The van der Waals surface area contributed by atoms with E-state index in [1.165, 1.54) is 7.11 Å². The van der Waals surface area contributed by atoms with E-state index in [1.54, 1.807) is 17.0 Å². The van der Waals surface area contributed by atoms with Gasteiger partial charge in [0.05, 0.1) is 24.9 Å². The Morgan fingerprint density at radius 1 is 1.11 bits per heavy atom. The lowest BCUT2D eigenvalue weighted by atomic mass is 10.0. The van der Waals surface area contributed by atoms with Crippen molar-refractivity contribution in [2.24, 2.45) is 5.16 Å². The summed E-state index contributed by atoms with van der Waals surface area (Å²) >= 11 is 0. The molecule has 1 aliphatic rings. The largest absolute Gasteiger partial charge is 0.480 e. The van der Waals surface area contributed by atoms with Gasteiger partial charge < -0.3 is 19.6 Å². The molecule has 28 heavy (non-hydrogen) atoms.